The number of hydrogen-bond acceptors (Lipinski definition) is 3. The minimum atomic E-state index is 0.168. The molecule has 0 aliphatic heterocycles. The monoisotopic (exact) mass is 459 g/mol. The number of rotatable bonds is 7. The number of alkyl halides is 1. The smallest absolute Gasteiger partial charge is 0.0818 e. The average molecular weight is 460 g/mol. The summed E-state index contributed by atoms with van der Waals surface area (Å²) in [6.07, 6.45) is 11.2. The van der Waals surface area contributed by atoms with Crippen molar-refractivity contribution in [2.75, 3.05) is 19.0 Å². The highest BCUT2D eigenvalue weighted by molar-refractivity contribution is 7.80. The van der Waals surface area contributed by atoms with Gasteiger partial charge in [0.25, 0.3) is 0 Å². The summed E-state index contributed by atoms with van der Waals surface area (Å²) < 4.78 is 0. The molecule has 4 bridgehead atoms. The van der Waals surface area contributed by atoms with Gasteiger partial charge >= 0.3 is 0 Å². The van der Waals surface area contributed by atoms with E-state index in [1.807, 2.05) is 0 Å². The lowest BCUT2D eigenvalue weighted by atomic mass is 9.41. The summed E-state index contributed by atoms with van der Waals surface area (Å²) in [5.74, 6) is 2.78. The van der Waals surface area contributed by atoms with Gasteiger partial charge in [0.15, 0.2) is 0 Å². The first-order chi connectivity index (χ1) is 15.1. The molecule has 5 fully saturated rings. The zero-order valence-electron chi connectivity index (χ0n) is 18.6. The van der Waals surface area contributed by atoms with Crippen LogP contribution in [0.4, 0.5) is 0 Å². The molecule has 3 nitrogen and oxygen atoms in total. The third-order valence-electron chi connectivity index (χ3n) is 9.16. The Morgan fingerprint density at radius 2 is 1.71 bits per heavy atom. The molecule has 4 N–H and O–H groups in total. The van der Waals surface area contributed by atoms with Crippen LogP contribution in [0.15, 0.2) is 30.3 Å². The quantitative estimate of drug-likeness (QED) is 0.406. The van der Waals surface area contributed by atoms with Gasteiger partial charge in [-0.2, -0.15) is 0 Å². The van der Waals surface area contributed by atoms with Crippen LogP contribution in [0.2, 0.25) is 0 Å². The third kappa shape index (κ3) is 4.07. The molecular weight excluding hydrogens is 422 g/mol. The zero-order valence-corrected chi connectivity index (χ0v) is 20.2. The van der Waals surface area contributed by atoms with E-state index < -0.39 is 0 Å². The van der Waals surface area contributed by atoms with E-state index in [1.54, 1.807) is 0 Å². The van der Waals surface area contributed by atoms with Gasteiger partial charge < -0.3 is 16.4 Å². The zero-order chi connectivity index (χ0) is 21.5. The molecule has 0 saturated heterocycles. The second-order valence-electron chi connectivity index (χ2n) is 11.0. The van der Waals surface area contributed by atoms with Crippen LogP contribution in [0.3, 0.4) is 0 Å². The maximum absolute atomic E-state index is 6.23. The first-order valence-electron chi connectivity index (χ1n) is 12.4. The van der Waals surface area contributed by atoms with Crippen molar-refractivity contribution in [3.05, 3.63) is 35.9 Å². The Morgan fingerprint density at radius 3 is 2.32 bits per heavy atom. The van der Waals surface area contributed by atoms with E-state index in [0.29, 0.717) is 35.7 Å². The molecule has 170 valence electrons. The van der Waals surface area contributed by atoms with Crippen LogP contribution < -0.4 is 16.4 Å². The minimum absolute atomic E-state index is 0.168. The van der Waals surface area contributed by atoms with Crippen molar-refractivity contribution in [3.8, 4) is 0 Å². The van der Waals surface area contributed by atoms with Gasteiger partial charge in [0.05, 0.1) is 4.99 Å². The van der Waals surface area contributed by atoms with Crippen molar-refractivity contribution >= 4 is 28.8 Å². The van der Waals surface area contributed by atoms with Crippen LogP contribution >= 0.6 is 23.8 Å². The average Bonchev–Trinajstić information content (AvgIpc) is 2.79. The molecule has 5 heteroatoms. The Bertz CT molecular complexity index is 760. The molecule has 5 aliphatic carbocycles. The lowest BCUT2D eigenvalue weighted by Gasteiger charge is -2.65. The van der Waals surface area contributed by atoms with Gasteiger partial charge in [-0.05, 0) is 93.1 Å². The number of nitrogens with two attached hydrogens (primary N) is 1. The molecule has 0 aromatic heterocycles. The Morgan fingerprint density at radius 1 is 1.03 bits per heavy atom. The highest BCUT2D eigenvalue weighted by atomic mass is 35.5. The molecule has 2 atom stereocenters. The Hall–Kier alpha value is -0.680. The molecule has 0 radical (unpaired) electrons. The van der Waals surface area contributed by atoms with Gasteiger partial charge in [-0.1, -0.05) is 42.5 Å². The van der Waals surface area contributed by atoms with E-state index in [4.69, 9.17) is 29.6 Å². The first-order valence-corrected chi connectivity index (χ1v) is 13.4. The van der Waals surface area contributed by atoms with Gasteiger partial charge in [-0.15, -0.1) is 11.6 Å². The van der Waals surface area contributed by atoms with Crippen LogP contribution in [0.25, 0.3) is 0 Å². The standard InChI is InChI=1S/C26H38ClN3S/c27-10-11-29-23-19-12-25(21-4-2-1-3-5-21)13-20(23)15-26(14-19,17-25)24(31)30-22-8-6-18(16-28)7-9-22/h1-5,18-20,22-23,29H,6-17,28H2,(H,30,31)/t18-,19?,20?,22-,23?,25?,26?. The maximum atomic E-state index is 6.23. The minimum Gasteiger partial charge on any atom is -0.376 e. The summed E-state index contributed by atoms with van der Waals surface area (Å²) in [6, 6.07) is 12.5. The summed E-state index contributed by atoms with van der Waals surface area (Å²) in [6.45, 7) is 1.75. The van der Waals surface area contributed by atoms with Crippen LogP contribution in [0.5, 0.6) is 0 Å². The summed E-state index contributed by atoms with van der Waals surface area (Å²) in [5.41, 5.74) is 7.90. The Kier molecular flexibility index (Phi) is 6.37. The second-order valence-corrected chi connectivity index (χ2v) is 11.8. The lowest BCUT2D eigenvalue weighted by molar-refractivity contribution is -0.0611. The van der Waals surface area contributed by atoms with E-state index in [0.717, 1.165) is 13.1 Å². The molecule has 1 aromatic rings. The van der Waals surface area contributed by atoms with E-state index in [9.17, 15) is 0 Å². The van der Waals surface area contributed by atoms with Crippen LogP contribution in [0.1, 0.15) is 63.4 Å². The van der Waals surface area contributed by atoms with E-state index >= 15 is 0 Å². The van der Waals surface area contributed by atoms with Crippen molar-refractivity contribution in [2.45, 2.75) is 75.3 Å². The molecule has 5 aliphatic rings. The first kappa shape index (κ1) is 22.1. The third-order valence-corrected chi connectivity index (χ3v) is 9.90. The van der Waals surface area contributed by atoms with Crippen LogP contribution in [0, 0.1) is 23.2 Å². The highest BCUT2D eigenvalue weighted by Gasteiger charge is 2.62. The Balaban J connectivity index is 1.38. The SMILES string of the molecule is NC[C@H]1CC[C@H](NC(=S)C23CC4CC(c5ccccc5)(CC(C2)C4NCCCl)C3)CC1. The van der Waals surface area contributed by atoms with Crippen LogP contribution in [-0.4, -0.2) is 36.0 Å². The van der Waals surface area contributed by atoms with Gasteiger partial charge in [0.1, 0.15) is 0 Å². The summed E-state index contributed by atoms with van der Waals surface area (Å²) in [5, 5.41) is 7.72. The van der Waals surface area contributed by atoms with Gasteiger partial charge in [-0.25, -0.2) is 0 Å². The van der Waals surface area contributed by atoms with Crippen molar-refractivity contribution < 1.29 is 0 Å². The molecule has 5 saturated carbocycles. The van der Waals surface area contributed by atoms with Crippen molar-refractivity contribution in [3.63, 3.8) is 0 Å². The normalized spacial score (nSPS) is 41.3. The fourth-order valence-electron chi connectivity index (χ4n) is 7.98. The van der Waals surface area contributed by atoms with Gasteiger partial charge in [0, 0.05) is 29.9 Å². The molecule has 1 aromatic carbocycles. The van der Waals surface area contributed by atoms with E-state index in [1.165, 1.54) is 68.3 Å². The predicted molar refractivity (Wildman–Crippen MR) is 134 cm³/mol. The number of hydrogen-bond donors (Lipinski definition) is 3. The summed E-state index contributed by atoms with van der Waals surface area (Å²) in [4.78, 5) is 1.18. The lowest BCUT2D eigenvalue weighted by Crippen LogP contribution is -2.66. The number of benzene rings is 1. The van der Waals surface area contributed by atoms with Crippen molar-refractivity contribution in [1.82, 2.24) is 10.6 Å². The fraction of sp³-hybridized carbons (Fsp3) is 0.731. The Labute approximate surface area is 198 Å². The van der Waals surface area contributed by atoms with Crippen molar-refractivity contribution in [1.29, 1.82) is 0 Å². The summed E-state index contributed by atoms with van der Waals surface area (Å²) in [7, 11) is 0. The molecule has 31 heavy (non-hydrogen) atoms. The second kappa shape index (κ2) is 8.93. The fourth-order valence-corrected chi connectivity index (χ4v) is 8.49. The largest absolute Gasteiger partial charge is 0.376 e. The molecule has 2 unspecified atom stereocenters. The molecular formula is C26H38ClN3S. The summed E-state index contributed by atoms with van der Waals surface area (Å²) >= 11 is 12.3. The van der Waals surface area contributed by atoms with Gasteiger partial charge in [-0.3, -0.25) is 0 Å². The number of thiocarbonyl (C=S) groups is 1. The maximum Gasteiger partial charge on any atom is 0.0818 e. The molecule has 6 rings (SSSR count). The van der Waals surface area contributed by atoms with E-state index in [-0.39, 0.29) is 10.8 Å². The topological polar surface area (TPSA) is 50.1 Å². The highest BCUT2D eigenvalue weighted by Crippen LogP contribution is 2.66. The van der Waals surface area contributed by atoms with Gasteiger partial charge in [0.2, 0.25) is 0 Å². The number of nitrogens with one attached hydrogen (secondary N) is 2. The van der Waals surface area contributed by atoms with E-state index in [2.05, 4.69) is 41.0 Å². The van der Waals surface area contributed by atoms with Crippen LogP contribution in [-0.2, 0) is 5.41 Å². The molecule has 0 spiro atoms. The molecule has 0 amide bonds. The number of halogens is 1. The predicted octanol–water partition coefficient (Wildman–Crippen LogP) is 4.77. The molecule has 0 heterocycles. The van der Waals surface area contributed by atoms with Crippen molar-refractivity contribution in [2.24, 2.45) is 28.9 Å².